The smallest absolute Gasteiger partial charge is 0.260 e. The van der Waals surface area contributed by atoms with E-state index < -0.39 is 0 Å². The second-order valence-electron chi connectivity index (χ2n) is 8.18. The third-order valence-corrected chi connectivity index (χ3v) is 5.95. The monoisotopic (exact) mass is 415 g/mol. The molecule has 31 heavy (non-hydrogen) atoms. The second kappa shape index (κ2) is 10.2. The van der Waals surface area contributed by atoms with Crippen molar-refractivity contribution in [2.24, 2.45) is 5.92 Å². The molecule has 0 N–H and O–H groups in total. The number of carbonyl (C=O) groups excluding carboxylic acids is 1. The molecule has 5 heteroatoms. The lowest BCUT2D eigenvalue weighted by Gasteiger charge is -2.32. The van der Waals surface area contributed by atoms with Crippen LogP contribution in [-0.4, -0.2) is 40.5 Å². The molecule has 0 atom stereocenters. The lowest BCUT2D eigenvalue weighted by molar-refractivity contribution is -0.134. The number of ether oxygens (including phenoxy) is 1. The van der Waals surface area contributed by atoms with Crippen molar-refractivity contribution >= 4 is 5.91 Å². The predicted octanol–water partition coefficient (Wildman–Crippen LogP) is 4.70. The molecule has 0 unspecified atom stereocenters. The molecule has 0 spiro atoms. The molecule has 1 amide bonds. The summed E-state index contributed by atoms with van der Waals surface area (Å²) < 4.78 is 5.91. The van der Waals surface area contributed by atoms with Crippen molar-refractivity contribution < 1.29 is 9.53 Å². The topological polar surface area (TPSA) is 55.3 Å². The molecule has 1 aromatic heterocycles. The van der Waals surface area contributed by atoms with Crippen LogP contribution in [0.3, 0.4) is 0 Å². The zero-order valence-electron chi connectivity index (χ0n) is 18.0. The van der Waals surface area contributed by atoms with E-state index in [9.17, 15) is 4.79 Å². The van der Waals surface area contributed by atoms with Gasteiger partial charge >= 0.3 is 0 Å². The summed E-state index contributed by atoms with van der Waals surface area (Å²) in [6.07, 6.45) is 7.90. The lowest BCUT2D eigenvalue weighted by atomic mass is 9.90. The molecule has 2 aromatic carbocycles. The highest BCUT2D eigenvalue weighted by molar-refractivity contribution is 5.78. The van der Waals surface area contributed by atoms with Crippen LogP contribution in [0.15, 0.2) is 67.0 Å². The van der Waals surface area contributed by atoms with E-state index in [1.807, 2.05) is 36.1 Å². The van der Waals surface area contributed by atoms with Gasteiger partial charge in [-0.25, -0.2) is 0 Å². The van der Waals surface area contributed by atoms with E-state index in [0.717, 1.165) is 49.3 Å². The summed E-state index contributed by atoms with van der Waals surface area (Å²) in [5.41, 5.74) is 3.85. The zero-order valence-corrected chi connectivity index (χ0v) is 18.0. The van der Waals surface area contributed by atoms with Crippen molar-refractivity contribution in [3.8, 4) is 17.0 Å². The Hall–Kier alpha value is -3.21. The summed E-state index contributed by atoms with van der Waals surface area (Å²) in [4.78, 5) is 23.4. The number of aryl methyl sites for hydroxylation is 2. The minimum atomic E-state index is 0.0466. The first-order valence-corrected chi connectivity index (χ1v) is 11.0. The molecule has 1 saturated heterocycles. The third-order valence-electron chi connectivity index (χ3n) is 5.95. The molecule has 4 rings (SSSR count). The van der Waals surface area contributed by atoms with Crippen LogP contribution >= 0.6 is 0 Å². The molecular formula is C26H29N3O2. The number of nitrogens with zero attached hydrogens (tertiary/aromatic N) is 3. The molecule has 0 saturated carbocycles. The first kappa shape index (κ1) is 21.0. The number of carbonyl (C=O) groups is 1. The van der Waals surface area contributed by atoms with Crippen molar-refractivity contribution in [2.75, 3.05) is 19.7 Å². The molecule has 0 radical (unpaired) electrons. The van der Waals surface area contributed by atoms with Crippen molar-refractivity contribution in [3.63, 3.8) is 0 Å². The maximum atomic E-state index is 12.7. The van der Waals surface area contributed by atoms with Gasteiger partial charge in [-0.1, -0.05) is 42.5 Å². The normalized spacial score (nSPS) is 14.4. The highest BCUT2D eigenvalue weighted by Gasteiger charge is 2.23. The summed E-state index contributed by atoms with van der Waals surface area (Å²) >= 11 is 0. The molecule has 2 heterocycles. The van der Waals surface area contributed by atoms with Gasteiger partial charge in [0.25, 0.3) is 5.91 Å². The fraction of sp³-hybridized carbons (Fsp3) is 0.346. The zero-order chi connectivity index (χ0) is 21.5. The Balaban J connectivity index is 1.27. The first-order chi connectivity index (χ1) is 15.2. The molecule has 1 fully saturated rings. The van der Waals surface area contributed by atoms with E-state index in [1.165, 1.54) is 12.0 Å². The fourth-order valence-corrected chi connectivity index (χ4v) is 4.05. The van der Waals surface area contributed by atoms with Crippen molar-refractivity contribution in [2.45, 2.75) is 32.6 Å². The summed E-state index contributed by atoms with van der Waals surface area (Å²) in [5, 5.41) is 0. The molecule has 5 nitrogen and oxygen atoms in total. The van der Waals surface area contributed by atoms with E-state index in [1.54, 1.807) is 12.4 Å². The van der Waals surface area contributed by atoms with Crippen molar-refractivity contribution in [1.82, 2.24) is 14.9 Å². The number of hydrogen-bond acceptors (Lipinski definition) is 4. The van der Waals surface area contributed by atoms with Crippen LogP contribution in [0.5, 0.6) is 5.75 Å². The van der Waals surface area contributed by atoms with Crippen LogP contribution in [0.1, 0.15) is 30.5 Å². The van der Waals surface area contributed by atoms with Crippen LogP contribution in [0, 0.1) is 12.8 Å². The standard InChI is InChI=1S/C26H29N3O2/c1-20-17-28-24(18-27-20)23-9-5-6-10-25(23)31-19-26(30)29-15-13-22(14-16-29)12-11-21-7-3-2-4-8-21/h2-10,17-18,22H,11-16,19H2,1H3. The average molecular weight is 416 g/mol. The number of piperidine rings is 1. The molecule has 0 bridgehead atoms. The van der Waals surface area contributed by atoms with E-state index in [0.29, 0.717) is 11.7 Å². The van der Waals surface area contributed by atoms with Gasteiger partial charge in [-0.15, -0.1) is 0 Å². The summed E-state index contributed by atoms with van der Waals surface area (Å²) in [6.45, 7) is 3.58. The molecule has 1 aliphatic heterocycles. The van der Waals surface area contributed by atoms with Gasteiger partial charge in [-0.05, 0) is 56.2 Å². The number of likely N-dealkylation sites (tertiary alicyclic amines) is 1. The minimum absolute atomic E-state index is 0.0466. The Morgan fingerprint density at radius 2 is 1.74 bits per heavy atom. The fourth-order valence-electron chi connectivity index (χ4n) is 4.05. The second-order valence-corrected chi connectivity index (χ2v) is 8.18. The maximum absolute atomic E-state index is 12.7. The van der Waals surface area contributed by atoms with Crippen LogP contribution in [0.4, 0.5) is 0 Å². The largest absolute Gasteiger partial charge is 0.483 e. The van der Waals surface area contributed by atoms with E-state index in [4.69, 9.17) is 4.74 Å². The number of para-hydroxylation sites is 1. The Labute approximate surface area is 184 Å². The molecule has 0 aliphatic carbocycles. The SMILES string of the molecule is Cc1cnc(-c2ccccc2OCC(=O)N2CCC(CCc3ccccc3)CC2)cn1. The predicted molar refractivity (Wildman–Crippen MR) is 122 cm³/mol. The molecule has 3 aromatic rings. The Kier molecular flexibility index (Phi) is 6.92. The van der Waals surface area contributed by atoms with Crippen molar-refractivity contribution in [1.29, 1.82) is 0 Å². The van der Waals surface area contributed by atoms with Gasteiger partial charge in [-0.3, -0.25) is 14.8 Å². The van der Waals surface area contributed by atoms with Gasteiger partial charge in [-0.2, -0.15) is 0 Å². The summed E-state index contributed by atoms with van der Waals surface area (Å²) in [6, 6.07) is 18.3. The number of benzene rings is 2. The highest BCUT2D eigenvalue weighted by atomic mass is 16.5. The summed E-state index contributed by atoms with van der Waals surface area (Å²) in [7, 11) is 0. The Morgan fingerprint density at radius 3 is 2.48 bits per heavy atom. The molecule has 1 aliphatic rings. The minimum Gasteiger partial charge on any atom is -0.483 e. The summed E-state index contributed by atoms with van der Waals surface area (Å²) in [5.74, 6) is 1.39. The van der Waals surface area contributed by atoms with Gasteiger partial charge in [0, 0.05) is 24.8 Å². The van der Waals surface area contributed by atoms with Gasteiger partial charge in [0.1, 0.15) is 5.75 Å². The van der Waals surface area contributed by atoms with E-state index in [2.05, 4.69) is 40.3 Å². The van der Waals surface area contributed by atoms with Gasteiger partial charge in [0.2, 0.25) is 0 Å². The van der Waals surface area contributed by atoms with Crippen molar-refractivity contribution in [3.05, 3.63) is 78.2 Å². The van der Waals surface area contributed by atoms with E-state index >= 15 is 0 Å². The maximum Gasteiger partial charge on any atom is 0.260 e. The molecule has 160 valence electrons. The van der Waals surface area contributed by atoms with Crippen LogP contribution < -0.4 is 4.74 Å². The number of rotatable bonds is 7. The quantitative estimate of drug-likeness (QED) is 0.561. The highest BCUT2D eigenvalue weighted by Crippen LogP contribution is 2.28. The first-order valence-electron chi connectivity index (χ1n) is 11.0. The van der Waals surface area contributed by atoms with Crippen LogP contribution in [-0.2, 0) is 11.2 Å². The Morgan fingerprint density at radius 1 is 1.00 bits per heavy atom. The molecular weight excluding hydrogens is 386 g/mol. The number of aromatic nitrogens is 2. The number of amides is 1. The number of hydrogen-bond donors (Lipinski definition) is 0. The van der Waals surface area contributed by atoms with Gasteiger partial charge < -0.3 is 9.64 Å². The van der Waals surface area contributed by atoms with Crippen LogP contribution in [0.2, 0.25) is 0 Å². The van der Waals surface area contributed by atoms with Gasteiger partial charge in [0.05, 0.1) is 17.6 Å². The van der Waals surface area contributed by atoms with E-state index in [-0.39, 0.29) is 12.5 Å². The van der Waals surface area contributed by atoms with Gasteiger partial charge in [0.15, 0.2) is 6.61 Å². The third kappa shape index (κ3) is 5.69. The lowest BCUT2D eigenvalue weighted by Crippen LogP contribution is -2.41. The Bertz CT molecular complexity index is 981. The average Bonchev–Trinajstić information content (AvgIpc) is 2.83. The van der Waals surface area contributed by atoms with Crippen LogP contribution in [0.25, 0.3) is 11.3 Å².